The van der Waals surface area contributed by atoms with Crippen molar-refractivity contribution in [2.45, 2.75) is 144 Å². The predicted molar refractivity (Wildman–Crippen MR) is 311 cm³/mol. The lowest BCUT2D eigenvalue weighted by Crippen LogP contribution is -2.56. The minimum absolute atomic E-state index is 0.00456. The second kappa shape index (κ2) is 31.2. The normalized spacial score (nSPS) is 15.6. The zero-order valence-corrected chi connectivity index (χ0v) is 51.1. The highest BCUT2D eigenvalue weighted by Crippen LogP contribution is 2.40. The van der Waals surface area contributed by atoms with Gasteiger partial charge in [0.2, 0.25) is 23.6 Å². The minimum Gasteiger partial charge on any atom is -0.491 e. The van der Waals surface area contributed by atoms with Crippen molar-refractivity contribution >= 4 is 53.8 Å². The van der Waals surface area contributed by atoms with Crippen molar-refractivity contribution < 1.29 is 76.3 Å². The lowest BCUT2D eigenvalue weighted by atomic mass is 9.93. The summed E-state index contributed by atoms with van der Waals surface area (Å²) in [4.78, 5) is 125. The first-order valence-electron chi connectivity index (χ1n) is 27.9. The van der Waals surface area contributed by atoms with Crippen LogP contribution < -0.4 is 51.4 Å². The molecule has 464 valence electrons. The van der Waals surface area contributed by atoms with Gasteiger partial charge in [-0.2, -0.15) is 5.26 Å². The second-order valence-corrected chi connectivity index (χ2v) is 23.5. The number of carbonyl (C=O) groups is 9. The average molecular weight is 1190 g/mol. The maximum absolute atomic E-state index is 15.3. The van der Waals surface area contributed by atoms with Crippen molar-refractivity contribution in [2.24, 2.45) is 5.92 Å². The van der Waals surface area contributed by atoms with Gasteiger partial charge in [-0.15, -0.1) is 0 Å². The number of esters is 1. The molecule has 25 heteroatoms. The molecule has 1 aliphatic heterocycles. The summed E-state index contributed by atoms with van der Waals surface area (Å²) in [5.74, 6) is -4.38. The summed E-state index contributed by atoms with van der Waals surface area (Å²) in [7, 11) is 1.30. The number of alkyl carbamates (subject to hydrolysis) is 3. The van der Waals surface area contributed by atoms with Crippen LogP contribution in [0, 0.1) is 24.2 Å². The molecule has 0 radical (unpaired) electrons. The van der Waals surface area contributed by atoms with Gasteiger partial charge in [-0.3, -0.25) is 24.0 Å². The lowest BCUT2D eigenvalue weighted by Gasteiger charge is -2.33. The van der Waals surface area contributed by atoms with E-state index in [0.717, 1.165) is 4.90 Å². The van der Waals surface area contributed by atoms with E-state index in [2.05, 4.69) is 37.2 Å². The van der Waals surface area contributed by atoms with Crippen molar-refractivity contribution in [1.29, 1.82) is 5.26 Å². The van der Waals surface area contributed by atoms with Gasteiger partial charge in [0, 0.05) is 31.1 Å². The molecule has 1 heterocycles. The van der Waals surface area contributed by atoms with Crippen LogP contribution in [0.2, 0.25) is 0 Å². The predicted octanol–water partition coefficient (Wildman–Crippen LogP) is 5.45. The zero-order valence-electron chi connectivity index (χ0n) is 51.1. The number of hydrogen-bond acceptors (Lipinski definition) is 17. The highest BCUT2D eigenvalue weighted by atomic mass is 16.6. The molecule has 4 atom stereocenters. The fraction of sp³-hybridized carbons (Fsp3) is 0.533. The minimum atomic E-state index is -1.64. The molecule has 7 N–H and O–H groups in total. The van der Waals surface area contributed by atoms with Crippen LogP contribution in [-0.4, -0.2) is 153 Å². The summed E-state index contributed by atoms with van der Waals surface area (Å²) in [5.41, 5.74) is -0.693. The van der Waals surface area contributed by atoms with Crippen LogP contribution in [0.1, 0.15) is 123 Å². The first-order valence-corrected chi connectivity index (χ1v) is 27.9. The highest BCUT2D eigenvalue weighted by Gasteiger charge is 2.37. The third kappa shape index (κ3) is 23.4. The molecule has 4 rings (SSSR count). The summed E-state index contributed by atoms with van der Waals surface area (Å²) in [6.45, 7) is 20.8. The number of carbonyl (C=O) groups excluding carboxylic acids is 9. The Kier molecular flexibility index (Phi) is 25.2. The van der Waals surface area contributed by atoms with Crippen LogP contribution in [0.5, 0.6) is 17.2 Å². The SMILES string of the molecule is Cc1ccc(C(=O)N[C@@H](CCNC(=O)OC(C)(C)C)C(=O)N(C)[C@@H]2C(=O)N[C@@H](C)C(=O)N[C@H](C(=O)NCC#N)Cc3ccc(OCCNC(=O)OC(C)(C)C)c(c3)-c3cc2ccc3OCCNC(=O)OC(C)(C)C)c(OCC(=O)OCC(C)C)c1. The summed E-state index contributed by atoms with van der Waals surface area (Å²) >= 11 is 0. The molecule has 0 aromatic heterocycles. The molecule has 0 saturated heterocycles. The fourth-order valence-corrected chi connectivity index (χ4v) is 8.12. The number of nitrogens with zero attached hydrogens (tertiary/aromatic N) is 2. The molecular weight excluding hydrogens is 1100 g/mol. The molecule has 85 heavy (non-hydrogen) atoms. The van der Waals surface area contributed by atoms with Crippen molar-refractivity contribution in [1.82, 2.24) is 42.1 Å². The highest BCUT2D eigenvalue weighted by molar-refractivity contribution is 6.01. The maximum atomic E-state index is 15.3. The number of rotatable bonds is 22. The van der Waals surface area contributed by atoms with Gasteiger partial charge in [0.25, 0.3) is 5.91 Å². The quantitative estimate of drug-likeness (QED) is 0.0285. The standard InChI is InChI=1S/C60H83N9O16/c1-35(2)33-82-48(70)34-81-47-29-36(3)15-18-40(47)51(72)67-43(21-23-63-55(76)83-58(5,6)7)54(75)69(14)49-39-17-20-46(80-28-26-65-57(78)85-60(11,12)13)42(32-39)41-30-38(16-19-45(41)79-27-25-64-56(77)84-59(8,9)10)31-44(52(73)62-24-22-61)68-50(71)37(4)66-53(49)74/h15-20,29-30,32,35,37,43-44,49H,21,23-28,31,33-34H2,1-14H3,(H,62,73)(H,63,76)(H,64,77)(H,65,78)(H,66,74)(H,67,72)(H,68,71)/t37-,43-,44-,49-/m0/s1. The zero-order chi connectivity index (χ0) is 63.4. The van der Waals surface area contributed by atoms with Crippen molar-refractivity contribution in [3.8, 4) is 34.4 Å². The van der Waals surface area contributed by atoms with Gasteiger partial charge < -0.3 is 75.3 Å². The Morgan fingerprint density at radius 2 is 1.25 bits per heavy atom. The molecule has 3 aromatic rings. The Morgan fingerprint density at radius 3 is 1.80 bits per heavy atom. The summed E-state index contributed by atoms with van der Waals surface area (Å²) in [6, 6.07) is 10.1. The van der Waals surface area contributed by atoms with Gasteiger partial charge in [0.1, 0.15) is 78.0 Å². The van der Waals surface area contributed by atoms with E-state index < -0.39 is 108 Å². The first-order chi connectivity index (χ1) is 39.7. The Labute approximate surface area is 496 Å². The maximum Gasteiger partial charge on any atom is 0.407 e. The molecule has 0 spiro atoms. The number of amides is 8. The third-order valence-corrected chi connectivity index (χ3v) is 11.9. The number of hydrogen-bond donors (Lipinski definition) is 7. The van der Waals surface area contributed by atoms with E-state index in [4.69, 9.17) is 33.2 Å². The molecule has 0 unspecified atom stereocenters. The van der Waals surface area contributed by atoms with Crippen LogP contribution in [0.15, 0.2) is 54.6 Å². The van der Waals surface area contributed by atoms with E-state index in [9.17, 15) is 38.8 Å². The third-order valence-electron chi connectivity index (χ3n) is 11.9. The molecule has 0 fully saturated rings. The number of benzene rings is 3. The molecule has 25 nitrogen and oxygen atoms in total. The van der Waals surface area contributed by atoms with Gasteiger partial charge in [0.15, 0.2) is 6.61 Å². The first kappa shape index (κ1) is 68.7. The van der Waals surface area contributed by atoms with Gasteiger partial charge >= 0.3 is 24.2 Å². The number of nitrogens with one attached hydrogen (secondary N) is 7. The Bertz CT molecular complexity index is 2920. The summed E-state index contributed by atoms with van der Waals surface area (Å²) in [6.07, 6.45) is -2.62. The Morgan fingerprint density at radius 1 is 0.694 bits per heavy atom. The fourth-order valence-electron chi connectivity index (χ4n) is 8.12. The molecule has 1 aliphatic rings. The number of nitriles is 1. The van der Waals surface area contributed by atoms with E-state index in [1.165, 1.54) is 38.2 Å². The lowest BCUT2D eigenvalue weighted by molar-refractivity contribution is -0.147. The van der Waals surface area contributed by atoms with E-state index in [1.807, 2.05) is 19.9 Å². The number of aryl methyl sites for hydroxylation is 1. The number of likely N-dealkylation sites (N-methyl/N-ethyl adjacent to an activating group) is 1. The Balaban J connectivity index is 1.93. The molecular formula is C60H83N9O16. The average Bonchev–Trinajstić information content (AvgIpc) is 1.64. The second-order valence-electron chi connectivity index (χ2n) is 23.5. The number of fused-ring (bicyclic) bond motifs is 5. The monoisotopic (exact) mass is 1190 g/mol. The smallest absolute Gasteiger partial charge is 0.407 e. The summed E-state index contributed by atoms with van der Waals surface area (Å²) < 4.78 is 40.0. The van der Waals surface area contributed by atoms with Crippen molar-refractivity contribution in [3.63, 3.8) is 0 Å². The molecule has 4 bridgehead atoms. The van der Waals surface area contributed by atoms with Crippen LogP contribution >= 0.6 is 0 Å². The molecule has 3 aromatic carbocycles. The number of ether oxygens (including phenoxy) is 7. The van der Waals surface area contributed by atoms with Crippen LogP contribution in [0.3, 0.4) is 0 Å². The van der Waals surface area contributed by atoms with E-state index >= 15 is 9.59 Å². The Hall–Kier alpha value is -8.82. The van der Waals surface area contributed by atoms with Gasteiger partial charge in [0.05, 0.1) is 31.3 Å². The van der Waals surface area contributed by atoms with E-state index in [0.29, 0.717) is 16.7 Å². The van der Waals surface area contributed by atoms with Gasteiger partial charge in [-0.25, -0.2) is 19.2 Å². The largest absolute Gasteiger partial charge is 0.491 e. The van der Waals surface area contributed by atoms with Gasteiger partial charge in [-0.1, -0.05) is 32.0 Å². The molecule has 8 amide bonds. The summed E-state index contributed by atoms with van der Waals surface area (Å²) in [5, 5.41) is 27.8. The van der Waals surface area contributed by atoms with Crippen molar-refractivity contribution in [3.05, 3.63) is 76.9 Å². The van der Waals surface area contributed by atoms with Crippen LogP contribution in [0.4, 0.5) is 14.4 Å². The van der Waals surface area contributed by atoms with E-state index in [-0.39, 0.29) is 92.2 Å². The topological polar surface area (TPSA) is 329 Å². The van der Waals surface area contributed by atoms with Crippen LogP contribution in [0.25, 0.3) is 11.1 Å². The van der Waals surface area contributed by atoms with E-state index in [1.54, 1.807) is 99.6 Å². The molecule has 0 saturated carbocycles. The van der Waals surface area contributed by atoms with Crippen LogP contribution in [-0.2, 0) is 49.3 Å². The molecule has 0 aliphatic carbocycles. The van der Waals surface area contributed by atoms with Gasteiger partial charge in [-0.05, 0) is 142 Å². The van der Waals surface area contributed by atoms with Crippen molar-refractivity contribution in [2.75, 3.05) is 59.7 Å².